The Morgan fingerprint density at radius 2 is 1.79 bits per heavy atom. The molecule has 0 aliphatic carbocycles. The van der Waals surface area contributed by atoms with Gasteiger partial charge in [0.15, 0.2) is 0 Å². The highest BCUT2D eigenvalue weighted by Crippen LogP contribution is 2.35. The first-order chi connectivity index (χ1) is 13.5. The summed E-state index contributed by atoms with van der Waals surface area (Å²) in [5.41, 5.74) is 1.30. The molecular formula is C21H24N2O5. The number of benzene rings is 2. The fraction of sp³-hybridized carbons (Fsp3) is 0.381. The molecule has 28 heavy (non-hydrogen) atoms. The van der Waals surface area contributed by atoms with Crippen LogP contribution in [0.15, 0.2) is 48.5 Å². The summed E-state index contributed by atoms with van der Waals surface area (Å²) in [4.78, 5) is 22.8. The zero-order valence-corrected chi connectivity index (χ0v) is 15.8. The molecule has 7 nitrogen and oxygen atoms in total. The maximum absolute atomic E-state index is 12.5. The average Bonchev–Trinajstić information content (AvgIpc) is 2.73. The third-order valence-electron chi connectivity index (χ3n) is 5.16. The number of nitrogens with one attached hydrogen (secondary N) is 1. The van der Waals surface area contributed by atoms with Gasteiger partial charge in [0, 0.05) is 42.9 Å². The summed E-state index contributed by atoms with van der Waals surface area (Å²) in [6, 6.07) is 13.6. The SMILES string of the molecule is CCOc1ccc(C2(CNC(=O)c3ccc([N+](=O)[O-])cc3)CCOCC2)cc1. The van der Waals surface area contributed by atoms with Crippen LogP contribution >= 0.6 is 0 Å². The first-order valence-electron chi connectivity index (χ1n) is 9.38. The highest BCUT2D eigenvalue weighted by molar-refractivity contribution is 5.94. The number of non-ortho nitro benzene ring substituents is 1. The van der Waals surface area contributed by atoms with Crippen LogP contribution in [0.5, 0.6) is 5.75 Å². The van der Waals surface area contributed by atoms with Crippen molar-refractivity contribution in [3.63, 3.8) is 0 Å². The molecule has 3 rings (SSSR count). The lowest BCUT2D eigenvalue weighted by atomic mass is 9.74. The maximum atomic E-state index is 12.5. The summed E-state index contributed by atoms with van der Waals surface area (Å²) in [5.74, 6) is 0.579. The molecule has 0 unspecified atom stereocenters. The van der Waals surface area contributed by atoms with E-state index >= 15 is 0 Å². The van der Waals surface area contributed by atoms with Gasteiger partial charge in [-0.05, 0) is 49.6 Å². The van der Waals surface area contributed by atoms with Crippen molar-refractivity contribution in [3.8, 4) is 5.75 Å². The van der Waals surface area contributed by atoms with Gasteiger partial charge in [-0.25, -0.2) is 0 Å². The number of carbonyl (C=O) groups is 1. The van der Waals surface area contributed by atoms with E-state index < -0.39 is 4.92 Å². The summed E-state index contributed by atoms with van der Waals surface area (Å²) in [6.45, 7) is 4.31. The summed E-state index contributed by atoms with van der Waals surface area (Å²) in [7, 11) is 0. The molecule has 7 heteroatoms. The molecule has 1 amide bonds. The molecule has 1 saturated heterocycles. The van der Waals surface area contributed by atoms with Crippen LogP contribution in [-0.2, 0) is 10.2 Å². The summed E-state index contributed by atoms with van der Waals surface area (Å²) < 4.78 is 11.1. The molecule has 0 saturated carbocycles. The van der Waals surface area contributed by atoms with Crippen LogP contribution < -0.4 is 10.1 Å². The molecule has 0 bridgehead atoms. The third-order valence-corrected chi connectivity index (χ3v) is 5.16. The Morgan fingerprint density at radius 3 is 2.36 bits per heavy atom. The molecule has 1 aliphatic rings. The molecule has 0 spiro atoms. The van der Waals surface area contributed by atoms with Crippen LogP contribution in [-0.4, -0.2) is 37.2 Å². The quantitative estimate of drug-likeness (QED) is 0.583. The number of ether oxygens (including phenoxy) is 2. The first-order valence-corrected chi connectivity index (χ1v) is 9.38. The number of nitrogens with zero attached hydrogens (tertiary/aromatic N) is 1. The minimum absolute atomic E-state index is 0.0353. The maximum Gasteiger partial charge on any atom is 0.269 e. The molecule has 1 heterocycles. The zero-order chi connectivity index (χ0) is 20.0. The molecule has 148 valence electrons. The van der Waals surface area contributed by atoms with E-state index in [-0.39, 0.29) is 17.0 Å². The Balaban J connectivity index is 1.73. The molecule has 2 aromatic rings. The van der Waals surface area contributed by atoms with Gasteiger partial charge in [0.25, 0.3) is 11.6 Å². The van der Waals surface area contributed by atoms with E-state index in [0.717, 1.165) is 24.2 Å². The van der Waals surface area contributed by atoms with Gasteiger partial charge in [-0.15, -0.1) is 0 Å². The van der Waals surface area contributed by atoms with E-state index in [2.05, 4.69) is 5.32 Å². The van der Waals surface area contributed by atoms with Gasteiger partial charge in [-0.2, -0.15) is 0 Å². The number of rotatable bonds is 7. The Labute approximate surface area is 163 Å². The fourth-order valence-electron chi connectivity index (χ4n) is 3.49. The predicted molar refractivity (Wildman–Crippen MR) is 105 cm³/mol. The van der Waals surface area contributed by atoms with Crippen molar-refractivity contribution >= 4 is 11.6 Å². The minimum atomic E-state index is -0.482. The van der Waals surface area contributed by atoms with Gasteiger partial charge in [-0.3, -0.25) is 14.9 Å². The van der Waals surface area contributed by atoms with E-state index in [9.17, 15) is 14.9 Å². The average molecular weight is 384 g/mol. The number of hydrogen-bond acceptors (Lipinski definition) is 5. The van der Waals surface area contributed by atoms with Gasteiger partial charge in [0.2, 0.25) is 0 Å². The largest absolute Gasteiger partial charge is 0.494 e. The van der Waals surface area contributed by atoms with Crippen LogP contribution in [0, 0.1) is 10.1 Å². The lowest BCUT2D eigenvalue weighted by molar-refractivity contribution is -0.384. The number of carbonyl (C=O) groups excluding carboxylic acids is 1. The summed E-state index contributed by atoms with van der Waals surface area (Å²) in [6.07, 6.45) is 1.61. The standard InChI is InChI=1S/C21H24N2O5/c1-2-28-19-9-5-17(6-10-19)21(11-13-27-14-12-21)15-22-20(24)16-3-7-18(8-4-16)23(25)26/h3-10H,2,11-15H2,1H3,(H,22,24). The lowest BCUT2D eigenvalue weighted by Crippen LogP contribution is -2.44. The van der Waals surface area contributed by atoms with Crippen molar-refractivity contribution in [2.75, 3.05) is 26.4 Å². The highest BCUT2D eigenvalue weighted by Gasteiger charge is 2.35. The normalized spacial score (nSPS) is 15.6. The van der Waals surface area contributed by atoms with Crippen molar-refractivity contribution in [1.82, 2.24) is 5.32 Å². The number of amides is 1. The topological polar surface area (TPSA) is 90.7 Å². The van der Waals surface area contributed by atoms with Crippen molar-refractivity contribution < 1.29 is 19.2 Å². The van der Waals surface area contributed by atoms with Crippen molar-refractivity contribution in [2.45, 2.75) is 25.2 Å². The van der Waals surface area contributed by atoms with E-state index in [4.69, 9.17) is 9.47 Å². The third kappa shape index (κ3) is 4.48. The Hall–Kier alpha value is -2.93. The van der Waals surface area contributed by atoms with Crippen LogP contribution in [0.4, 0.5) is 5.69 Å². The van der Waals surface area contributed by atoms with Gasteiger partial charge in [-0.1, -0.05) is 12.1 Å². The van der Waals surface area contributed by atoms with Gasteiger partial charge in [0.1, 0.15) is 5.75 Å². The summed E-state index contributed by atoms with van der Waals surface area (Å²) >= 11 is 0. The Morgan fingerprint density at radius 1 is 1.14 bits per heavy atom. The molecule has 0 aromatic heterocycles. The highest BCUT2D eigenvalue weighted by atomic mass is 16.6. The monoisotopic (exact) mass is 384 g/mol. The molecule has 0 radical (unpaired) electrons. The minimum Gasteiger partial charge on any atom is -0.494 e. The molecule has 1 aliphatic heterocycles. The van der Waals surface area contributed by atoms with E-state index in [1.54, 1.807) is 0 Å². The van der Waals surface area contributed by atoms with Gasteiger partial charge in [0.05, 0.1) is 11.5 Å². The fourth-order valence-corrected chi connectivity index (χ4v) is 3.49. The smallest absolute Gasteiger partial charge is 0.269 e. The Kier molecular flexibility index (Phi) is 6.26. The summed E-state index contributed by atoms with van der Waals surface area (Å²) in [5, 5.41) is 13.8. The number of nitro benzene ring substituents is 1. The molecule has 1 N–H and O–H groups in total. The van der Waals surface area contributed by atoms with Gasteiger partial charge < -0.3 is 14.8 Å². The van der Waals surface area contributed by atoms with Crippen LogP contribution in [0.2, 0.25) is 0 Å². The van der Waals surface area contributed by atoms with E-state index in [0.29, 0.717) is 31.9 Å². The first kappa shape index (κ1) is 19.8. The molecule has 1 fully saturated rings. The lowest BCUT2D eigenvalue weighted by Gasteiger charge is -2.38. The van der Waals surface area contributed by atoms with Crippen molar-refractivity contribution in [3.05, 3.63) is 69.8 Å². The van der Waals surface area contributed by atoms with Crippen molar-refractivity contribution in [2.24, 2.45) is 0 Å². The second-order valence-electron chi connectivity index (χ2n) is 6.84. The second-order valence-corrected chi connectivity index (χ2v) is 6.84. The van der Waals surface area contributed by atoms with Crippen LogP contribution in [0.25, 0.3) is 0 Å². The second kappa shape index (κ2) is 8.84. The molecule has 2 aromatic carbocycles. The van der Waals surface area contributed by atoms with Gasteiger partial charge >= 0.3 is 0 Å². The molecule has 0 atom stereocenters. The number of hydrogen-bond donors (Lipinski definition) is 1. The molecular weight excluding hydrogens is 360 g/mol. The van der Waals surface area contributed by atoms with Crippen molar-refractivity contribution in [1.29, 1.82) is 0 Å². The van der Waals surface area contributed by atoms with Crippen LogP contribution in [0.3, 0.4) is 0 Å². The predicted octanol–water partition coefficient (Wildman–Crippen LogP) is 3.47. The number of nitro groups is 1. The van der Waals surface area contributed by atoms with E-state index in [1.807, 2.05) is 31.2 Å². The van der Waals surface area contributed by atoms with Crippen LogP contribution in [0.1, 0.15) is 35.7 Å². The van der Waals surface area contributed by atoms with E-state index in [1.165, 1.54) is 24.3 Å². The zero-order valence-electron chi connectivity index (χ0n) is 15.8. The Bertz CT molecular complexity index is 812.